The molecule has 0 spiro atoms. The number of nitrogens with zero attached hydrogens (tertiary/aromatic N) is 2. The average Bonchev–Trinajstić information content (AvgIpc) is 3.05. The summed E-state index contributed by atoms with van der Waals surface area (Å²) in [6, 6.07) is 6.88. The van der Waals surface area contributed by atoms with E-state index in [9.17, 15) is 9.59 Å². The first-order valence-corrected chi connectivity index (χ1v) is 7.47. The molecule has 0 bridgehead atoms. The van der Waals surface area contributed by atoms with Gasteiger partial charge in [0.25, 0.3) is 11.8 Å². The Morgan fingerprint density at radius 3 is 3.17 bits per heavy atom. The van der Waals surface area contributed by atoms with E-state index in [1.54, 1.807) is 24.4 Å². The van der Waals surface area contributed by atoms with Crippen LogP contribution < -0.4 is 15.4 Å². The molecule has 2 heterocycles. The minimum absolute atomic E-state index is 0.0170. The quantitative estimate of drug-likeness (QED) is 0.874. The molecule has 1 aliphatic heterocycles. The molecule has 2 N–H and O–H groups in total. The number of amides is 2. The maximum Gasteiger partial charge on any atom is 0.262 e. The molecule has 3 rings (SSSR count). The SMILES string of the molecule is C[C@H](CCn1cccn1)NC(=O)c1ccc2c(c1)OCC(=O)N2. The van der Waals surface area contributed by atoms with Crippen LogP contribution in [0.25, 0.3) is 0 Å². The van der Waals surface area contributed by atoms with Crippen LogP contribution in [0.2, 0.25) is 0 Å². The van der Waals surface area contributed by atoms with Crippen LogP contribution in [0.3, 0.4) is 0 Å². The molecule has 7 heteroatoms. The number of rotatable bonds is 5. The van der Waals surface area contributed by atoms with E-state index < -0.39 is 0 Å². The summed E-state index contributed by atoms with van der Waals surface area (Å²) in [6.07, 6.45) is 4.41. The number of carbonyl (C=O) groups excluding carboxylic acids is 2. The van der Waals surface area contributed by atoms with Crippen molar-refractivity contribution >= 4 is 17.5 Å². The summed E-state index contributed by atoms with van der Waals surface area (Å²) in [5.41, 5.74) is 1.09. The third-order valence-electron chi connectivity index (χ3n) is 3.60. The van der Waals surface area contributed by atoms with E-state index in [1.165, 1.54) is 0 Å². The van der Waals surface area contributed by atoms with E-state index in [1.807, 2.05) is 23.9 Å². The van der Waals surface area contributed by atoms with E-state index in [2.05, 4.69) is 15.7 Å². The first kappa shape index (κ1) is 15.1. The highest BCUT2D eigenvalue weighted by atomic mass is 16.5. The van der Waals surface area contributed by atoms with Gasteiger partial charge in [-0.25, -0.2) is 0 Å². The lowest BCUT2D eigenvalue weighted by atomic mass is 10.1. The monoisotopic (exact) mass is 314 g/mol. The average molecular weight is 314 g/mol. The predicted octanol–water partition coefficient (Wildman–Crippen LogP) is 1.42. The zero-order valence-corrected chi connectivity index (χ0v) is 12.8. The Hall–Kier alpha value is -2.83. The number of fused-ring (bicyclic) bond motifs is 1. The summed E-state index contributed by atoms with van der Waals surface area (Å²) in [6.45, 7) is 2.67. The normalized spacial score (nSPS) is 14.4. The van der Waals surface area contributed by atoms with Crippen molar-refractivity contribution in [2.45, 2.75) is 25.9 Å². The van der Waals surface area contributed by atoms with Gasteiger partial charge in [-0.15, -0.1) is 0 Å². The summed E-state index contributed by atoms with van der Waals surface area (Å²) >= 11 is 0. The van der Waals surface area contributed by atoms with Gasteiger partial charge < -0.3 is 15.4 Å². The second-order valence-corrected chi connectivity index (χ2v) is 5.48. The molecule has 1 aromatic carbocycles. The molecule has 0 saturated heterocycles. The molecule has 120 valence electrons. The van der Waals surface area contributed by atoms with Crippen LogP contribution in [-0.4, -0.2) is 34.2 Å². The minimum atomic E-state index is -0.193. The molecule has 23 heavy (non-hydrogen) atoms. The highest BCUT2D eigenvalue weighted by Gasteiger charge is 2.18. The lowest BCUT2D eigenvalue weighted by Crippen LogP contribution is -2.33. The van der Waals surface area contributed by atoms with Gasteiger partial charge in [0.1, 0.15) is 5.75 Å². The molecular weight excluding hydrogens is 296 g/mol. The molecule has 2 amide bonds. The van der Waals surface area contributed by atoms with Crippen LogP contribution >= 0.6 is 0 Å². The molecule has 0 saturated carbocycles. The van der Waals surface area contributed by atoms with Crippen molar-refractivity contribution in [2.24, 2.45) is 0 Å². The van der Waals surface area contributed by atoms with Crippen molar-refractivity contribution in [1.82, 2.24) is 15.1 Å². The zero-order valence-electron chi connectivity index (χ0n) is 12.8. The van der Waals surface area contributed by atoms with Gasteiger partial charge in [-0.3, -0.25) is 14.3 Å². The Kier molecular flexibility index (Phi) is 4.27. The number of benzene rings is 1. The van der Waals surface area contributed by atoms with Gasteiger partial charge >= 0.3 is 0 Å². The van der Waals surface area contributed by atoms with Crippen molar-refractivity contribution in [3.8, 4) is 5.75 Å². The zero-order chi connectivity index (χ0) is 16.2. The van der Waals surface area contributed by atoms with Gasteiger partial charge in [0, 0.05) is 30.5 Å². The van der Waals surface area contributed by atoms with Crippen molar-refractivity contribution in [1.29, 1.82) is 0 Å². The molecule has 0 unspecified atom stereocenters. The van der Waals surface area contributed by atoms with E-state index in [0.29, 0.717) is 17.0 Å². The van der Waals surface area contributed by atoms with E-state index in [0.717, 1.165) is 13.0 Å². The van der Waals surface area contributed by atoms with Gasteiger partial charge in [-0.2, -0.15) is 5.10 Å². The summed E-state index contributed by atoms with van der Waals surface area (Å²) in [5.74, 6) is 0.157. The highest BCUT2D eigenvalue weighted by molar-refractivity contribution is 5.99. The molecule has 1 atom stereocenters. The lowest BCUT2D eigenvalue weighted by Gasteiger charge is -2.19. The Labute approximate surface area is 133 Å². The van der Waals surface area contributed by atoms with Crippen molar-refractivity contribution in [3.05, 3.63) is 42.2 Å². The van der Waals surface area contributed by atoms with E-state index in [-0.39, 0.29) is 24.5 Å². The van der Waals surface area contributed by atoms with Crippen LogP contribution in [0.15, 0.2) is 36.7 Å². The van der Waals surface area contributed by atoms with Crippen LogP contribution in [0.5, 0.6) is 5.75 Å². The topological polar surface area (TPSA) is 85.2 Å². The largest absolute Gasteiger partial charge is 0.482 e. The molecule has 1 aromatic heterocycles. The third-order valence-corrected chi connectivity index (χ3v) is 3.60. The molecule has 0 aliphatic carbocycles. The Balaban J connectivity index is 1.58. The number of anilines is 1. The predicted molar refractivity (Wildman–Crippen MR) is 84.3 cm³/mol. The first-order chi connectivity index (χ1) is 11.1. The summed E-state index contributed by atoms with van der Waals surface area (Å²) in [7, 11) is 0. The van der Waals surface area contributed by atoms with Gasteiger partial charge in [0.05, 0.1) is 5.69 Å². The van der Waals surface area contributed by atoms with Crippen LogP contribution in [0.4, 0.5) is 5.69 Å². The first-order valence-electron chi connectivity index (χ1n) is 7.47. The highest BCUT2D eigenvalue weighted by Crippen LogP contribution is 2.28. The van der Waals surface area contributed by atoms with Crippen LogP contribution in [0.1, 0.15) is 23.7 Å². The van der Waals surface area contributed by atoms with Crippen molar-refractivity contribution in [3.63, 3.8) is 0 Å². The van der Waals surface area contributed by atoms with E-state index in [4.69, 9.17) is 4.74 Å². The Morgan fingerprint density at radius 2 is 2.39 bits per heavy atom. The summed E-state index contributed by atoms with van der Waals surface area (Å²) < 4.78 is 7.16. The molecule has 1 aliphatic rings. The second-order valence-electron chi connectivity index (χ2n) is 5.48. The van der Waals surface area contributed by atoms with Crippen LogP contribution in [-0.2, 0) is 11.3 Å². The van der Waals surface area contributed by atoms with Crippen molar-refractivity contribution in [2.75, 3.05) is 11.9 Å². The number of carbonyl (C=O) groups is 2. The summed E-state index contributed by atoms with van der Waals surface area (Å²) in [4.78, 5) is 23.5. The smallest absolute Gasteiger partial charge is 0.262 e. The lowest BCUT2D eigenvalue weighted by molar-refractivity contribution is -0.118. The molecule has 0 fully saturated rings. The fourth-order valence-electron chi connectivity index (χ4n) is 2.35. The fourth-order valence-corrected chi connectivity index (χ4v) is 2.35. The molecule has 0 radical (unpaired) electrons. The number of ether oxygens (including phenoxy) is 1. The number of hydrogen-bond donors (Lipinski definition) is 2. The molecular formula is C16H18N4O3. The minimum Gasteiger partial charge on any atom is -0.482 e. The van der Waals surface area contributed by atoms with Gasteiger partial charge in [-0.1, -0.05) is 0 Å². The second kappa shape index (κ2) is 6.51. The number of aromatic nitrogens is 2. The van der Waals surface area contributed by atoms with E-state index >= 15 is 0 Å². The number of aryl methyl sites for hydroxylation is 1. The molecule has 7 nitrogen and oxygen atoms in total. The Morgan fingerprint density at radius 1 is 1.52 bits per heavy atom. The number of hydrogen-bond acceptors (Lipinski definition) is 4. The maximum absolute atomic E-state index is 12.3. The van der Waals surface area contributed by atoms with Gasteiger partial charge in [0.2, 0.25) is 0 Å². The van der Waals surface area contributed by atoms with Gasteiger partial charge in [0.15, 0.2) is 6.61 Å². The molecule has 2 aromatic rings. The maximum atomic E-state index is 12.3. The number of nitrogens with one attached hydrogen (secondary N) is 2. The summed E-state index contributed by atoms with van der Waals surface area (Å²) in [5, 5.41) is 9.78. The Bertz CT molecular complexity index is 712. The fraction of sp³-hybridized carbons (Fsp3) is 0.312. The van der Waals surface area contributed by atoms with Crippen LogP contribution in [0, 0.1) is 0 Å². The third kappa shape index (κ3) is 3.68. The standard InChI is InChI=1S/C16H18N4O3/c1-11(5-8-20-7-2-6-17-20)18-16(22)12-3-4-13-14(9-12)23-10-15(21)19-13/h2-4,6-7,9,11H,5,8,10H2,1H3,(H,18,22)(H,19,21)/t11-/m1/s1. The van der Waals surface area contributed by atoms with Gasteiger partial charge in [-0.05, 0) is 37.6 Å². The van der Waals surface area contributed by atoms with Crippen molar-refractivity contribution < 1.29 is 14.3 Å².